The molecule has 4 aromatic carbocycles. The molecule has 1 unspecified atom stereocenters. The van der Waals surface area contributed by atoms with Gasteiger partial charge in [-0.05, 0) is 24.3 Å². The number of nitrogens with zero attached hydrogens (tertiary/aromatic N) is 1. The van der Waals surface area contributed by atoms with E-state index in [1.807, 2.05) is 0 Å². The summed E-state index contributed by atoms with van der Waals surface area (Å²) in [7, 11) is -0.0158. The zero-order valence-electron chi connectivity index (χ0n) is 21.9. The van der Waals surface area contributed by atoms with Crippen molar-refractivity contribution in [1.29, 1.82) is 0 Å². The van der Waals surface area contributed by atoms with Gasteiger partial charge in [-0.15, -0.1) is 0 Å². The Balaban J connectivity index is 1.66. The summed E-state index contributed by atoms with van der Waals surface area (Å²) >= 11 is 6.24. The van der Waals surface area contributed by atoms with Crippen LogP contribution in [0.3, 0.4) is 0 Å². The lowest BCUT2D eigenvalue weighted by molar-refractivity contribution is 0.0280. The van der Waals surface area contributed by atoms with Gasteiger partial charge in [0.1, 0.15) is 11.5 Å². The molecule has 1 atom stereocenters. The van der Waals surface area contributed by atoms with E-state index in [0.717, 1.165) is 4.31 Å². The van der Waals surface area contributed by atoms with Gasteiger partial charge in [0.25, 0.3) is 10.0 Å². The van der Waals surface area contributed by atoms with Crippen molar-refractivity contribution in [2.75, 3.05) is 25.6 Å². The monoisotopic (exact) mass is 579 g/mol. The molecule has 0 aromatic heterocycles. The molecule has 206 valence electrons. The van der Waals surface area contributed by atoms with Crippen LogP contribution in [0, 0.1) is 0 Å². The van der Waals surface area contributed by atoms with Crippen LogP contribution in [0.15, 0.2) is 102 Å². The van der Waals surface area contributed by atoms with Crippen LogP contribution >= 0.6 is 11.6 Å². The van der Waals surface area contributed by atoms with Crippen molar-refractivity contribution in [1.82, 2.24) is 0 Å². The van der Waals surface area contributed by atoms with E-state index < -0.39 is 27.9 Å². The zero-order valence-corrected chi connectivity index (χ0v) is 23.5. The van der Waals surface area contributed by atoms with Gasteiger partial charge in [0.2, 0.25) is 5.78 Å². The molecule has 0 spiro atoms. The van der Waals surface area contributed by atoms with Gasteiger partial charge in [-0.25, -0.2) is 13.2 Å². The SMILES string of the molecule is COc1cc(OC)c(N(C)S(=O)(=O)c2cccc(C(=O)OC(C(=O)c3ccccc3)c3ccccc3)c2)cc1Cl. The molecule has 0 radical (unpaired) electrons. The second-order valence-electron chi connectivity index (χ2n) is 8.59. The van der Waals surface area contributed by atoms with Crippen LogP contribution in [0.5, 0.6) is 11.5 Å². The third kappa shape index (κ3) is 5.95. The van der Waals surface area contributed by atoms with Crippen molar-refractivity contribution in [3.63, 3.8) is 0 Å². The fraction of sp³-hybridized carbons (Fsp3) is 0.133. The first-order valence-corrected chi connectivity index (χ1v) is 13.8. The first kappa shape index (κ1) is 28.7. The average Bonchev–Trinajstić information content (AvgIpc) is 2.99. The summed E-state index contributed by atoms with van der Waals surface area (Å²) in [6.45, 7) is 0. The minimum absolute atomic E-state index is 0.0454. The van der Waals surface area contributed by atoms with Crippen LogP contribution in [-0.4, -0.2) is 41.4 Å². The lowest BCUT2D eigenvalue weighted by Gasteiger charge is -2.23. The van der Waals surface area contributed by atoms with Crippen molar-refractivity contribution in [3.8, 4) is 11.5 Å². The number of Topliss-reactive ketones (excluding diaryl/α,β-unsaturated/α-hetero) is 1. The highest BCUT2D eigenvalue weighted by Crippen LogP contribution is 2.39. The fourth-order valence-corrected chi connectivity index (χ4v) is 5.47. The molecule has 4 rings (SSSR count). The number of carbonyl (C=O) groups is 2. The van der Waals surface area contributed by atoms with Crippen molar-refractivity contribution >= 4 is 39.1 Å². The molecule has 0 saturated carbocycles. The maximum Gasteiger partial charge on any atom is 0.339 e. The van der Waals surface area contributed by atoms with Gasteiger partial charge >= 0.3 is 5.97 Å². The Bertz CT molecular complexity index is 1630. The summed E-state index contributed by atoms with van der Waals surface area (Å²) in [5, 5.41) is 0.188. The molecule has 0 fully saturated rings. The minimum atomic E-state index is -4.18. The van der Waals surface area contributed by atoms with E-state index in [0.29, 0.717) is 16.9 Å². The van der Waals surface area contributed by atoms with Crippen LogP contribution < -0.4 is 13.8 Å². The second-order valence-corrected chi connectivity index (χ2v) is 11.0. The number of hydrogen-bond acceptors (Lipinski definition) is 7. The van der Waals surface area contributed by atoms with E-state index in [2.05, 4.69) is 0 Å². The Morgan fingerprint density at radius 2 is 1.38 bits per heavy atom. The summed E-state index contributed by atoms with van der Waals surface area (Å²) in [6.07, 6.45) is -1.23. The summed E-state index contributed by atoms with van der Waals surface area (Å²) < 4.78 is 44.3. The summed E-state index contributed by atoms with van der Waals surface area (Å²) in [4.78, 5) is 26.4. The minimum Gasteiger partial charge on any atom is -0.495 e. The number of anilines is 1. The van der Waals surface area contributed by atoms with Crippen molar-refractivity contribution in [3.05, 3.63) is 119 Å². The average molecular weight is 580 g/mol. The Hall–Kier alpha value is -4.34. The highest BCUT2D eigenvalue weighted by Gasteiger charge is 2.29. The molecule has 0 aliphatic heterocycles. The van der Waals surface area contributed by atoms with Crippen molar-refractivity contribution < 1.29 is 32.2 Å². The molecule has 0 saturated heterocycles. The normalized spacial score (nSPS) is 11.8. The standard InChI is InChI=1S/C30H26ClNO7S/c1-32(25-18-24(31)26(37-2)19-27(25)38-3)40(35,36)23-16-10-15-22(17-23)30(34)39-29(21-13-8-5-9-14-21)28(33)20-11-6-4-7-12-20/h4-19,29H,1-3H3. The topological polar surface area (TPSA) is 99.2 Å². The maximum absolute atomic E-state index is 13.6. The maximum atomic E-state index is 13.6. The lowest BCUT2D eigenvalue weighted by Crippen LogP contribution is -2.27. The molecule has 0 heterocycles. The number of ketones is 1. The van der Waals surface area contributed by atoms with Crippen molar-refractivity contribution in [2.45, 2.75) is 11.0 Å². The van der Waals surface area contributed by atoms with Crippen molar-refractivity contribution in [2.24, 2.45) is 0 Å². The van der Waals surface area contributed by atoms with E-state index in [1.54, 1.807) is 60.7 Å². The van der Waals surface area contributed by atoms with Crippen LogP contribution in [0.2, 0.25) is 5.02 Å². The molecule has 40 heavy (non-hydrogen) atoms. The molecule has 0 N–H and O–H groups in total. The number of rotatable bonds is 10. The number of halogens is 1. The van der Waals surface area contributed by atoms with Gasteiger partial charge in [0, 0.05) is 24.2 Å². The molecule has 8 nitrogen and oxygen atoms in total. The number of benzene rings is 4. The molecule has 0 bridgehead atoms. The highest BCUT2D eigenvalue weighted by molar-refractivity contribution is 7.92. The molecular formula is C30H26ClNO7S. The van der Waals surface area contributed by atoms with Crippen LogP contribution in [0.4, 0.5) is 5.69 Å². The van der Waals surface area contributed by atoms with E-state index in [4.69, 9.17) is 25.8 Å². The third-order valence-electron chi connectivity index (χ3n) is 6.14. The smallest absolute Gasteiger partial charge is 0.339 e. The summed E-state index contributed by atoms with van der Waals surface area (Å²) in [6, 6.07) is 25.4. The van der Waals surface area contributed by atoms with E-state index in [9.17, 15) is 18.0 Å². The number of ether oxygens (including phenoxy) is 3. The van der Waals surface area contributed by atoms with E-state index >= 15 is 0 Å². The largest absolute Gasteiger partial charge is 0.495 e. The molecular weight excluding hydrogens is 554 g/mol. The van der Waals surface area contributed by atoms with Gasteiger partial charge in [0.15, 0.2) is 6.10 Å². The quantitative estimate of drug-likeness (QED) is 0.169. The third-order valence-corrected chi connectivity index (χ3v) is 8.21. The molecule has 0 aliphatic rings. The van der Waals surface area contributed by atoms with Gasteiger partial charge in [-0.1, -0.05) is 78.3 Å². The van der Waals surface area contributed by atoms with Crippen LogP contribution in [0.1, 0.15) is 32.4 Å². The van der Waals surface area contributed by atoms with E-state index in [1.165, 1.54) is 57.7 Å². The number of methoxy groups -OCH3 is 2. The van der Waals surface area contributed by atoms with Gasteiger partial charge < -0.3 is 14.2 Å². The second kappa shape index (κ2) is 12.2. The lowest BCUT2D eigenvalue weighted by atomic mass is 10.00. The summed E-state index contributed by atoms with van der Waals surface area (Å²) in [5.74, 6) is -0.737. The first-order valence-electron chi connectivity index (χ1n) is 12.0. The fourth-order valence-electron chi connectivity index (χ4n) is 3.99. The Morgan fingerprint density at radius 1 is 0.775 bits per heavy atom. The molecule has 4 aromatic rings. The number of hydrogen-bond donors (Lipinski definition) is 0. The number of esters is 1. The molecule has 0 amide bonds. The van der Waals surface area contributed by atoms with Gasteiger partial charge in [0.05, 0.1) is 35.4 Å². The van der Waals surface area contributed by atoms with Gasteiger partial charge in [-0.2, -0.15) is 0 Å². The van der Waals surface area contributed by atoms with Crippen LogP contribution in [0.25, 0.3) is 0 Å². The number of sulfonamides is 1. The number of carbonyl (C=O) groups excluding carboxylic acids is 2. The van der Waals surface area contributed by atoms with Crippen LogP contribution in [-0.2, 0) is 14.8 Å². The molecule has 0 aliphatic carbocycles. The Labute approximate surface area is 237 Å². The first-order chi connectivity index (χ1) is 19.2. The highest BCUT2D eigenvalue weighted by atomic mass is 35.5. The zero-order chi connectivity index (χ0) is 28.9. The molecule has 10 heteroatoms. The summed E-state index contributed by atoms with van der Waals surface area (Å²) in [5.41, 5.74) is 0.973. The van der Waals surface area contributed by atoms with E-state index in [-0.39, 0.29) is 26.9 Å². The van der Waals surface area contributed by atoms with Gasteiger partial charge in [-0.3, -0.25) is 9.10 Å². The Morgan fingerprint density at radius 3 is 2.00 bits per heavy atom. The Kier molecular flexibility index (Phi) is 8.77. The predicted octanol–water partition coefficient (Wildman–Crippen LogP) is 5.96. The predicted molar refractivity (Wildman–Crippen MR) is 152 cm³/mol.